The number of imidazole rings is 1. The van der Waals surface area contributed by atoms with Gasteiger partial charge in [0.1, 0.15) is 5.82 Å². The van der Waals surface area contributed by atoms with Crippen molar-refractivity contribution in [2.75, 3.05) is 26.3 Å². The first-order valence-electron chi connectivity index (χ1n) is 8.49. The van der Waals surface area contributed by atoms with Crippen LogP contribution in [0.25, 0.3) is 11.0 Å². The molecule has 1 N–H and O–H groups in total. The van der Waals surface area contributed by atoms with Gasteiger partial charge in [0, 0.05) is 38.6 Å². The SMILES string of the molecule is CCN(CCc1nc2c(C)cccc2[nH]1)C(=O)C1CCOCC1. The molecular weight excluding hydrogens is 290 g/mol. The third-order valence-corrected chi connectivity index (χ3v) is 4.65. The van der Waals surface area contributed by atoms with E-state index in [0.717, 1.165) is 42.7 Å². The first-order valence-corrected chi connectivity index (χ1v) is 8.49. The molecule has 2 aromatic rings. The lowest BCUT2D eigenvalue weighted by Crippen LogP contribution is -2.39. The summed E-state index contributed by atoms with van der Waals surface area (Å²) >= 11 is 0. The molecule has 0 aliphatic carbocycles. The monoisotopic (exact) mass is 315 g/mol. The Bertz CT molecular complexity index is 674. The molecule has 0 radical (unpaired) electrons. The molecule has 1 aromatic heterocycles. The molecule has 124 valence electrons. The maximum absolute atomic E-state index is 12.6. The Labute approximate surface area is 137 Å². The van der Waals surface area contributed by atoms with Gasteiger partial charge < -0.3 is 14.6 Å². The van der Waals surface area contributed by atoms with E-state index in [1.807, 2.05) is 24.0 Å². The van der Waals surface area contributed by atoms with Crippen molar-refractivity contribution in [3.05, 3.63) is 29.6 Å². The van der Waals surface area contributed by atoms with Gasteiger partial charge in [0.05, 0.1) is 11.0 Å². The summed E-state index contributed by atoms with van der Waals surface area (Å²) in [6.45, 7) is 6.98. The number of nitrogens with zero attached hydrogens (tertiary/aromatic N) is 2. The molecule has 23 heavy (non-hydrogen) atoms. The van der Waals surface area contributed by atoms with Crippen LogP contribution in [-0.2, 0) is 16.0 Å². The highest BCUT2D eigenvalue weighted by atomic mass is 16.5. The molecule has 1 aliphatic rings. The number of aryl methyl sites for hydroxylation is 1. The van der Waals surface area contributed by atoms with E-state index in [-0.39, 0.29) is 11.8 Å². The number of carbonyl (C=O) groups is 1. The van der Waals surface area contributed by atoms with Crippen LogP contribution in [0.3, 0.4) is 0 Å². The molecule has 1 aliphatic heterocycles. The van der Waals surface area contributed by atoms with Crippen molar-refractivity contribution >= 4 is 16.9 Å². The van der Waals surface area contributed by atoms with Gasteiger partial charge in [0.15, 0.2) is 0 Å². The lowest BCUT2D eigenvalue weighted by atomic mass is 9.98. The van der Waals surface area contributed by atoms with Crippen LogP contribution < -0.4 is 0 Å². The normalized spacial score (nSPS) is 15.9. The van der Waals surface area contributed by atoms with Crippen LogP contribution >= 0.6 is 0 Å². The fourth-order valence-electron chi connectivity index (χ4n) is 3.21. The molecule has 0 bridgehead atoms. The number of fused-ring (bicyclic) bond motifs is 1. The first kappa shape index (κ1) is 16.0. The third-order valence-electron chi connectivity index (χ3n) is 4.65. The Morgan fingerprint density at radius 3 is 2.87 bits per heavy atom. The van der Waals surface area contributed by atoms with E-state index in [0.29, 0.717) is 19.8 Å². The molecule has 2 heterocycles. The van der Waals surface area contributed by atoms with Gasteiger partial charge in [-0.15, -0.1) is 0 Å². The lowest BCUT2D eigenvalue weighted by molar-refractivity contribution is -0.138. The number of aromatic amines is 1. The Morgan fingerprint density at radius 2 is 2.17 bits per heavy atom. The summed E-state index contributed by atoms with van der Waals surface area (Å²) in [6, 6.07) is 6.15. The third kappa shape index (κ3) is 3.55. The zero-order valence-electron chi connectivity index (χ0n) is 14.0. The van der Waals surface area contributed by atoms with Crippen molar-refractivity contribution in [1.82, 2.24) is 14.9 Å². The quantitative estimate of drug-likeness (QED) is 0.923. The van der Waals surface area contributed by atoms with Crippen LogP contribution in [0.15, 0.2) is 18.2 Å². The summed E-state index contributed by atoms with van der Waals surface area (Å²) in [6.07, 6.45) is 2.45. The summed E-state index contributed by atoms with van der Waals surface area (Å²) in [5.41, 5.74) is 3.27. The molecule has 1 saturated heterocycles. The van der Waals surface area contributed by atoms with Crippen LogP contribution in [0.5, 0.6) is 0 Å². The predicted molar refractivity (Wildman–Crippen MR) is 90.3 cm³/mol. The van der Waals surface area contributed by atoms with Crippen molar-refractivity contribution in [2.24, 2.45) is 5.92 Å². The van der Waals surface area contributed by atoms with Gasteiger partial charge in [-0.25, -0.2) is 4.98 Å². The molecule has 1 amide bonds. The lowest BCUT2D eigenvalue weighted by Gasteiger charge is -2.28. The molecule has 5 heteroatoms. The molecule has 0 unspecified atom stereocenters. The van der Waals surface area contributed by atoms with Crippen LogP contribution in [-0.4, -0.2) is 47.1 Å². The number of amides is 1. The van der Waals surface area contributed by atoms with E-state index in [1.54, 1.807) is 0 Å². The average molecular weight is 315 g/mol. The Balaban J connectivity index is 1.64. The summed E-state index contributed by atoms with van der Waals surface area (Å²) in [7, 11) is 0. The zero-order valence-corrected chi connectivity index (χ0v) is 14.0. The summed E-state index contributed by atoms with van der Waals surface area (Å²) in [5.74, 6) is 1.34. The predicted octanol–water partition coefficient (Wildman–Crippen LogP) is 2.69. The largest absolute Gasteiger partial charge is 0.381 e. The van der Waals surface area contributed by atoms with E-state index in [9.17, 15) is 4.79 Å². The Hall–Kier alpha value is -1.88. The van der Waals surface area contributed by atoms with Gasteiger partial charge in [0.25, 0.3) is 0 Å². The highest BCUT2D eigenvalue weighted by molar-refractivity contribution is 5.79. The topological polar surface area (TPSA) is 58.2 Å². The number of hydrogen-bond donors (Lipinski definition) is 1. The molecule has 1 aromatic carbocycles. The van der Waals surface area contributed by atoms with Gasteiger partial charge in [0.2, 0.25) is 5.91 Å². The first-order chi connectivity index (χ1) is 11.2. The smallest absolute Gasteiger partial charge is 0.225 e. The van der Waals surface area contributed by atoms with Gasteiger partial charge >= 0.3 is 0 Å². The molecule has 3 rings (SSSR count). The summed E-state index contributed by atoms with van der Waals surface area (Å²) in [5, 5.41) is 0. The number of H-pyrrole nitrogens is 1. The maximum atomic E-state index is 12.6. The van der Waals surface area contributed by atoms with Gasteiger partial charge in [-0.3, -0.25) is 4.79 Å². The number of carbonyl (C=O) groups excluding carboxylic acids is 1. The number of benzene rings is 1. The van der Waals surface area contributed by atoms with Gasteiger partial charge in [-0.1, -0.05) is 12.1 Å². The number of hydrogen-bond acceptors (Lipinski definition) is 3. The summed E-state index contributed by atoms with van der Waals surface area (Å²) < 4.78 is 5.35. The fourth-order valence-corrected chi connectivity index (χ4v) is 3.21. The second kappa shape index (κ2) is 7.13. The van der Waals surface area contributed by atoms with E-state index in [4.69, 9.17) is 4.74 Å². The van der Waals surface area contributed by atoms with Crippen LogP contribution in [0.1, 0.15) is 31.2 Å². The number of para-hydroxylation sites is 1. The fraction of sp³-hybridized carbons (Fsp3) is 0.556. The molecule has 0 saturated carbocycles. The molecule has 5 nitrogen and oxygen atoms in total. The Kier molecular flexibility index (Phi) is 4.96. The van der Waals surface area contributed by atoms with Gasteiger partial charge in [-0.05, 0) is 38.3 Å². The van der Waals surface area contributed by atoms with E-state index in [2.05, 4.69) is 23.0 Å². The minimum atomic E-state index is 0.126. The average Bonchev–Trinajstić information content (AvgIpc) is 3.00. The van der Waals surface area contributed by atoms with Crippen LogP contribution in [0, 0.1) is 12.8 Å². The van der Waals surface area contributed by atoms with Crippen molar-refractivity contribution < 1.29 is 9.53 Å². The second-order valence-corrected chi connectivity index (χ2v) is 6.21. The van der Waals surface area contributed by atoms with Crippen molar-refractivity contribution in [3.63, 3.8) is 0 Å². The number of ether oxygens (including phenoxy) is 1. The number of aromatic nitrogens is 2. The van der Waals surface area contributed by atoms with E-state index in [1.165, 1.54) is 5.56 Å². The van der Waals surface area contributed by atoms with Gasteiger partial charge in [-0.2, -0.15) is 0 Å². The zero-order chi connectivity index (χ0) is 16.2. The molecule has 0 spiro atoms. The molecular formula is C18H25N3O2. The summed E-state index contributed by atoms with van der Waals surface area (Å²) in [4.78, 5) is 22.6. The number of likely N-dealkylation sites (N-methyl/N-ethyl adjacent to an activating group) is 1. The van der Waals surface area contributed by atoms with Crippen LogP contribution in [0.4, 0.5) is 0 Å². The maximum Gasteiger partial charge on any atom is 0.225 e. The van der Waals surface area contributed by atoms with E-state index < -0.39 is 0 Å². The minimum Gasteiger partial charge on any atom is -0.381 e. The van der Waals surface area contributed by atoms with Crippen LogP contribution in [0.2, 0.25) is 0 Å². The van der Waals surface area contributed by atoms with Crippen molar-refractivity contribution in [2.45, 2.75) is 33.1 Å². The van der Waals surface area contributed by atoms with E-state index >= 15 is 0 Å². The number of nitrogens with one attached hydrogen (secondary N) is 1. The highest BCUT2D eigenvalue weighted by Crippen LogP contribution is 2.19. The van der Waals surface area contributed by atoms with Crippen molar-refractivity contribution in [3.8, 4) is 0 Å². The molecule has 0 atom stereocenters. The highest BCUT2D eigenvalue weighted by Gasteiger charge is 2.25. The Morgan fingerprint density at radius 1 is 1.39 bits per heavy atom. The molecule has 1 fully saturated rings. The number of rotatable bonds is 5. The van der Waals surface area contributed by atoms with Crippen molar-refractivity contribution in [1.29, 1.82) is 0 Å². The second-order valence-electron chi connectivity index (χ2n) is 6.21. The standard InChI is InChI=1S/C18H25N3O2/c1-3-21(18(22)14-8-11-23-12-9-14)10-7-16-19-15-6-4-5-13(2)17(15)20-16/h4-6,14H,3,7-12H2,1-2H3,(H,19,20). The minimum absolute atomic E-state index is 0.126.